The van der Waals surface area contributed by atoms with Gasteiger partial charge >= 0.3 is 5.97 Å². The number of nitrogens with one attached hydrogen (secondary N) is 1. The molecule has 1 aromatic carbocycles. The van der Waals surface area contributed by atoms with E-state index in [1.54, 1.807) is 17.2 Å². The first-order chi connectivity index (χ1) is 17.7. The zero-order chi connectivity index (χ0) is 26.3. The van der Waals surface area contributed by atoms with Gasteiger partial charge in [-0.05, 0) is 75.8 Å². The van der Waals surface area contributed by atoms with Gasteiger partial charge in [0.05, 0.1) is 16.2 Å². The lowest BCUT2D eigenvalue weighted by Gasteiger charge is -2.32. The van der Waals surface area contributed by atoms with Crippen molar-refractivity contribution in [3.63, 3.8) is 0 Å². The molecule has 9 nitrogen and oxygen atoms in total. The molecule has 3 heterocycles. The Labute approximate surface area is 219 Å². The molecule has 0 aliphatic heterocycles. The van der Waals surface area contributed by atoms with Gasteiger partial charge < -0.3 is 10.1 Å². The van der Waals surface area contributed by atoms with Crippen molar-refractivity contribution in [1.82, 2.24) is 24.7 Å². The number of rotatable bonds is 6. The number of aromatic carboxylic acids is 1. The van der Waals surface area contributed by atoms with Crippen molar-refractivity contribution in [3.8, 4) is 17.1 Å². The molecule has 0 unspecified atom stereocenters. The van der Waals surface area contributed by atoms with Gasteiger partial charge in [-0.3, -0.25) is 9.69 Å². The van der Waals surface area contributed by atoms with E-state index < -0.39 is 5.97 Å². The fraction of sp³-hybridized carbons (Fsp3) is 0.370. The van der Waals surface area contributed by atoms with Crippen molar-refractivity contribution in [1.29, 1.82) is 0 Å². The average molecular weight is 521 g/mol. The van der Waals surface area contributed by atoms with Crippen molar-refractivity contribution >= 4 is 40.5 Å². The lowest BCUT2D eigenvalue weighted by Crippen LogP contribution is -2.43. The number of carbonyl (C=O) groups is 2. The number of hydrogen-bond donors (Lipinski definition) is 2. The number of aromatic amines is 1. The minimum Gasteiger partial charge on any atom is -0.477 e. The first-order valence-electron chi connectivity index (χ1n) is 12.5. The normalized spacial score (nSPS) is 17.9. The Hall–Kier alpha value is -3.72. The minimum absolute atomic E-state index is 0.00413. The van der Waals surface area contributed by atoms with Crippen molar-refractivity contribution in [2.75, 3.05) is 4.90 Å². The summed E-state index contributed by atoms with van der Waals surface area (Å²) in [6.45, 7) is 5.98. The number of aromatic nitrogens is 5. The van der Waals surface area contributed by atoms with Crippen LogP contribution in [0, 0.1) is 11.8 Å². The molecule has 0 atom stereocenters. The van der Waals surface area contributed by atoms with Crippen LogP contribution >= 0.6 is 11.6 Å². The third kappa shape index (κ3) is 4.96. The molecule has 1 aliphatic rings. The smallest absolute Gasteiger partial charge is 0.341 e. The summed E-state index contributed by atoms with van der Waals surface area (Å²) in [5.74, 6) is 0.142. The largest absolute Gasteiger partial charge is 0.477 e. The van der Waals surface area contributed by atoms with Gasteiger partial charge in [-0.2, -0.15) is 0 Å². The van der Waals surface area contributed by atoms with Crippen LogP contribution in [0.4, 0.5) is 5.82 Å². The third-order valence-electron chi connectivity index (χ3n) is 6.98. The van der Waals surface area contributed by atoms with Crippen LogP contribution in [0.1, 0.15) is 56.8 Å². The van der Waals surface area contributed by atoms with Gasteiger partial charge in [0.15, 0.2) is 11.5 Å². The number of nitrogens with zero attached hydrogens (tertiary/aromatic N) is 5. The molecule has 0 bridgehead atoms. The molecule has 1 amide bonds. The number of pyridine rings is 1. The highest BCUT2D eigenvalue weighted by Crippen LogP contribution is 2.33. The van der Waals surface area contributed by atoms with E-state index in [0.29, 0.717) is 28.1 Å². The molecule has 0 saturated heterocycles. The van der Waals surface area contributed by atoms with Gasteiger partial charge in [-0.1, -0.05) is 18.5 Å². The SMILES string of the molecule is CC1CCC(C(=O)N(c2nn(-c3ccc(-c4nc5ncc(Cl)cc5[nH]4)cc3)cc2C(=O)O)C(C)C)CC1. The van der Waals surface area contributed by atoms with Gasteiger partial charge in [0, 0.05) is 29.9 Å². The van der Waals surface area contributed by atoms with Gasteiger partial charge in [-0.15, -0.1) is 5.10 Å². The summed E-state index contributed by atoms with van der Waals surface area (Å²) < 4.78 is 1.51. The van der Waals surface area contributed by atoms with E-state index in [1.165, 1.54) is 10.9 Å². The van der Waals surface area contributed by atoms with E-state index in [9.17, 15) is 14.7 Å². The molecule has 10 heteroatoms. The van der Waals surface area contributed by atoms with Crippen LogP contribution in [-0.2, 0) is 4.79 Å². The zero-order valence-electron chi connectivity index (χ0n) is 21.0. The number of halogens is 1. The zero-order valence-corrected chi connectivity index (χ0v) is 21.7. The number of benzene rings is 1. The summed E-state index contributed by atoms with van der Waals surface area (Å²) in [5.41, 5.74) is 2.79. The molecule has 1 saturated carbocycles. The van der Waals surface area contributed by atoms with Crippen LogP contribution in [0.3, 0.4) is 0 Å². The van der Waals surface area contributed by atoms with Gasteiger partial charge in [0.25, 0.3) is 0 Å². The highest BCUT2D eigenvalue weighted by Gasteiger charge is 2.34. The Morgan fingerprint density at radius 3 is 2.51 bits per heavy atom. The number of carboxylic acid groups (broad SMARTS) is 1. The van der Waals surface area contributed by atoms with Crippen LogP contribution in [0.25, 0.3) is 28.2 Å². The minimum atomic E-state index is -1.12. The Morgan fingerprint density at radius 2 is 1.86 bits per heavy atom. The second-order valence-electron chi connectivity index (χ2n) is 10.0. The van der Waals surface area contributed by atoms with Gasteiger partial charge in [0.1, 0.15) is 11.4 Å². The lowest BCUT2D eigenvalue weighted by atomic mass is 9.82. The second-order valence-corrected chi connectivity index (χ2v) is 10.5. The monoisotopic (exact) mass is 520 g/mol. The molecule has 3 aromatic heterocycles. The second kappa shape index (κ2) is 9.97. The summed E-state index contributed by atoms with van der Waals surface area (Å²) >= 11 is 6.02. The van der Waals surface area contributed by atoms with Crippen molar-refractivity contribution < 1.29 is 14.7 Å². The van der Waals surface area contributed by atoms with Crippen LogP contribution in [0.5, 0.6) is 0 Å². The molecule has 37 heavy (non-hydrogen) atoms. The van der Waals surface area contributed by atoms with Crippen molar-refractivity contribution in [2.45, 2.75) is 52.5 Å². The third-order valence-corrected chi connectivity index (χ3v) is 7.19. The molecule has 1 fully saturated rings. The van der Waals surface area contributed by atoms with E-state index in [2.05, 4.69) is 27.0 Å². The highest BCUT2D eigenvalue weighted by atomic mass is 35.5. The Morgan fingerprint density at radius 1 is 1.16 bits per heavy atom. The Balaban J connectivity index is 1.46. The fourth-order valence-electron chi connectivity index (χ4n) is 4.92. The number of fused-ring (bicyclic) bond motifs is 1. The standard InChI is InChI=1S/C27H29ClN6O3/c1-15(2)34(26(35)18-6-4-16(3)5-7-18)25-21(27(36)37)14-33(32-25)20-10-8-17(9-11-20)23-30-22-12-19(28)13-29-24(22)31-23/h8-16,18H,4-7H2,1-3H3,(H,36,37)(H,29,30,31). The number of hydrogen-bond acceptors (Lipinski definition) is 5. The first kappa shape index (κ1) is 25.0. The molecule has 2 N–H and O–H groups in total. The maximum Gasteiger partial charge on any atom is 0.341 e. The number of anilines is 1. The van der Waals surface area contributed by atoms with E-state index >= 15 is 0 Å². The predicted octanol–water partition coefficient (Wildman–Crippen LogP) is 5.73. The maximum atomic E-state index is 13.5. The number of imidazole rings is 1. The van der Waals surface area contributed by atoms with E-state index in [0.717, 1.165) is 36.8 Å². The molecule has 1 aliphatic carbocycles. The van der Waals surface area contributed by atoms with Gasteiger partial charge in [0.2, 0.25) is 5.91 Å². The topological polar surface area (TPSA) is 117 Å². The summed E-state index contributed by atoms with van der Waals surface area (Å²) in [7, 11) is 0. The molecule has 4 aromatic rings. The fourth-order valence-corrected chi connectivity index (χ4v) is 5.07. The van der Waals surface area contributed by atoms with Crippen LogP contribution < -0.4 is 4.90 Å². The van der Waals surface area contributed by atoms with Crippen molar-refractivity contribution in [3.05, 3.63) is 53.3 Å². The molecular weight excluding hydrogens is 492 g/mol. The van der Waals surface area contributed by atoms with E-state index in [4.69, 9.17) is 11.6 Å². The van der Waals surface area contributed by atoms with Crippen LogP contribution in [0.15, 0.2) is 42.7 Å². The molecule has 5 rings (SSSR count). The van der Waals surface area contributed by atoms with E-state index in [-0.39, 0.29) is 29.2 Å². The number of carboxylic acids is 1. The molecular formula is C27H29ClN6O3. The average Bonchev–Trinajstić information content (AvgIpc) is 3.49. The molecule has 0 spiro atoms. The summed E-state index contributed by atoms with van der Waals surface area (Å²) in [4.78, 5) is 39.2. The summed E-state index contributed by atoms with van der Waals surface area (Å²) in [5, 5.41) is 15.1. The Bertz CT molecular complexity index is 1450. The van der Waals surface area contributed by atoms with Crippen molar-refractivity contribution in [2.24, 2.45) is 11.8 Å². The molecule has 0 radical (unpaired) electrons. The number of amides is 1. The number of H-pyrrole nitrogens is 1. The quantitative estimate of drug-likeness (QED) is 0.335. The van der Waals surface area contributed by atoms with Gasteiger partial charge in [-0.25, -0.2) is 19.4 Å². The predicted molar refractivity (Wildman–Crippen MR) is 142 cm³/mol. The van der Waals surface area contributed by atoms with Crippen LogP contribution in [0.2, 0.25) is 5.02 Å². The summed E-state index contributed by atoms with van der Waals surface area (Å²) in [6, 6.07) is 8.93. The summed E-state index contributed by atoms with van der Waals surface area (Å²) in [6.07, 6.45) is 6.65. The highest BCUT2D eigenvalue weighted by molar-refractivity contribution is 6.31. The molecule has 192 valence electrons. The maximum absolute atomic E-state index is 13.5. The Kier molecular flexibility index (Phi) is 6.72. The van der Waals surface area contributed by atoms with E-state index in [1.807, 2.05) is 38.1 Å². The number of carbonyl (C=O) groups excluding carboxylic acids is 1. The van der Waals surface area contributed by atoms with Crippen LogP contribution in [-0.4, -0.2) is 47.8 Å². The lowest BCUT2D eigenvalue weighted by molar-refractivity contribution is -0.124. The first-order valence-corrected chi connectivity index (χ1v) is 12.9.